The van der Waals surface area contributed by atoms with Gasteiger partial charge in [-0.2, -0.15) is 0 Å². The minimum atomic E-state index is -1.55. The number of carbonyl (C=O) groups is 1. The second kappa shape index (κ2) is 9.62. The molecule has 28 heavy (non-hydrogen) atoms. The van der Waals surface area contributed by atoms with E-state index < -0.39 is 50.7 Å². The SMILES string of the molecule is C=CCC1O[C@@H](C(O)/C=C/[Si](C)(C)C)C(O)C(O)[C@H]1OC(=O)c1ccccc1. The maximum Gasteiger partial charge on any atom is 0.338 e. The van der Waals surface area contributed by atoms with Crippen LogP contribution < -0.4 is 0 Å². The molecule has 0 radical (unpaired) electrons. The number of ether oxygens (including phenoxy) is 2. The van der Waals surface area contributed by atoms with E-state index in [0.717, 1.165) is 0 Å². The van der Waals surface area contributed by atoms with Gasteiger partial charge in [-0.25, -0.2) is 4.79 Å². The van der Waals surface area contributed by atoms with Gasteiger partial charge in [0, 0.05) is 0 Å². The van der Waals surface area contributed by atoms with Crippen molar-refractivity contribution < 1.29 is 29.6 Å². The lowest BCUT2D eigenvalue weighted by atomic mass is 9.90. The molecule has 0 amide bonds. The third-order valence-corrected chi connectivity index (χ3v) is 5.70. The highest BCUT2D eigenvalue weighted by Crippen LogP contribution is 2.29. The van der Waals surface area contributed by atoms with E-state index in [1.165, 1.54) is 0 Å². The van der Waals surface area contributed by atoms with Crippen LogP contribution in [0.4, 0.5) is 0 Å². The van der Waals surface area contributed by atoms with Crippen molar-refractivity contribution >= 4 is 14.0 Å². The number of esters is 1. The molecule has 2 rings (SSSR count). The molecule has 6 atom stereocenters. The fourth-order valence-electron chi connectivity index (χ4n) is 3.01. The quantitative estimate of drug-likeness (QED) is 0.364. The number of benzene rings is 1. The van der Waals surface area contributed by atoms with Gasteiger partial charge in [0.1, 0.15) is 30.5 Å². The molecule has 154 valence electrons. The Kier molecular flexibility index (Phi) is 7.74. The Labute approximate surface area is 167 Å². The fourth-order valence-corrected chi connectivity index (χ4v) is 3.79. The van der Waals surface area contributed by atoms with Crippen LogP contribution in [0.2, 0.25) is 19.6 Å². The maximum absolute atomic E-state index is 12.4. The number of rotatable bonds is 7. The topological polar surface area (TPSA) is 96.2 Å². The highest BCUT2D eigenvalue weighted by atomic mass is 28.3. The van der Waals surface area contributed by atoms with E-state index in [-0.39, 0.29) is 6.42 Å². The average molecular weight is 407 g/mol. The third kappa shape index (κ3) is 5.86. The lowest BCUT2D eigenvalue weighted by Crippen LogP contribution is -2.61. The second-order valence-electron chi connectivity index (χ2n) is 8.10. The smallest absolute Gasteiger partial charge is 0.338 e. The molecule has 1 heterocycles. The molecular formula is C21H30O6Si. The van der Waals surface area contributed by atoms with Crippen LogP contribution in [-0.2, 0) is 9.47 Å². The van der Waals surface area contributed by atoms with E-state index in [9.17, 15) is 20.1 Å². The first-order chi connectivity index (χ1) is 13.1. The van der Waals surface area contributed by atoms with E-state index in [4.69, 9.17) is 9.47 Å². The molecule has 0 bridgehead atoms. The number of aliphatic hydroxyl groups excluding tert-OH is 3. The molecule has 1 saturated heterocycles. The molecule has 6 nitrogen and oxygen atoms in total. The number of carbonyl (C=O) groups excluding carboxylic acids is 1. The van der Waals surface area contributed by atoms with Gasteiger partial charge in [0.05, 0.1) is 13.6 Å². The molecule has 1 aromatic rings. The minimum absolute atomic E-state index is 0.289. The van der Waals surface area contributed by atoms with Gasteiger partial charge in [-0.15, -0.1) is 6.58 Å². The summed E-state index contributed by atoms with van der Waals surface area (Å²) in [6, 6.07) is 8.39. The summed E-state index contributed by atoms with van der Waals surface area (Å²) in [5.41, 5.74) is 2.28. The van der Waals surface area contributed by atoms with Crippen molar-refractivity contribution in [3.63, 3.8) is 0 Å². The van der Waals surface area contributed by atoms with Crippen molar-refractivity contribution in [2.75, 3.05) is 0 Å². The van der Waals surface area contributed by atoms with Crippen LogP contribution in [0.25, 0.3) is 0 Å². The number of hydrogen-bond acceptors (Lipinski definition) is 6. The fraction of sp³-hybridized carbons (Fsp3) is 0.476. The summed E-state index contributed by atoms with van der Waals surface area (Å²) in [5, 5.41) is 31.6. The summed E-state index contributed by atoms with van der Waals surface area (Å²) in [7, 11) is -1.55. The molecule has 0 spiro atoms. The van der Waals surface area contributed by atoms with Crippen LogP contribution in [0.5, 0.6) is 0 Å². The molecule has 1 aromatic carbocycles. The average Bonchev–Trinajstić information content (AvgIpc) is 2.65. The standard InChI is InChI=1S/C21H30O6Si/c1-5-9-16-20(27-21(25)14-10-7-6-8-11-14)18(24)17(23)19(26-16)15(22)12-13-28(2,3)4/h5-8,10-13,15-20,22-24H,1,9H2,2-4H3/b13-12+/t15?,16?,17?,18?,19-,20-/m0/s1. The molecule has 0 aliphatic carbocycles. The van der Waals surface area contributed by atoms with Gasteiger partial charge in [0.2, 0.25) is 0 Å². The lowest BCUT2D eigenvalue weighted by molar-refractivity contribution is -0.236. The van der Waals surface area contributed by atoms with Crippen molar-refractivity contribution in [3.05, 3.63) is 60.3 Å². The molecule has 0 aromatic heterocycles. The zero-order valence-electron chi connectivity index (χ0n) is 16.6. The predicted molar refractivity (Wildman–Crippen MR) is 110 cm³/mol. The molecule has 4 unspecified atom stereocenters. The summed E-state index contributed by atoms with van der Waals surface area (Å²) in [6.07, 6.45) is -3.25. The Hall–Kier alpha value is -1.77. The lowest BCUT2D eigenvalue weighted by Gasteiger charge is -2.43. The zero-order chi connectivity index (χ0) is 20.9. The first kappa shape index (κ1) is 22.5. The summed E-state index contributed by atoms with van der Waals surface area (Å²) in [5.74, 6) is -0.618. The third-order valence-electron chi connectivity index (χ3n) is 4.50. The van der Waals surface area contributed by atoms with Crippen molar-refractivity contribution in [1.82, 2.24) is 0 Å². The maximum atomic E-state index is 12.4. The van der Waals surface area contributed by atoms with Crippen molar-refractivity contribution in [2.24, 2.45) is 0 Å². The summed E-state index contributed by atoms with van der Waals surface area (Å²) in [4.78, 5) is 12.4. The van der Waals surface area contributed by atoms with Crippen LogP contribution in [0, 0.1) is 0 Å². The monoisotopic (exact) mass is 406 g/mol. The van der Waals surface area contributed by atoms with E-state index in [2.05, 4.69) is 26.2 Å². The van der Waals surface area contributed by atoms with Crippen LogP contribution in [0.1, 0.15) is 16.8 Å². The Morgan fingerprint density at radius 2 is 1.89 bits per heavy atom. The van der Waals surface area contributed by atoms with Crippen molar-refractivity contribution in [1.29, 1.82) is 0 Å². The van der Waals surface area contributed by atoms with Gasteiger partial charge in [0.25, 0.3) is 0 Å². The Bertz CT molecular complexity index is 684. The van der Waals surface area contributed by atoms with Crippen LogP contribution in [-0.4, -0.2) is 66.0 Å². The Morgan fingerprint density at radius 1 is 1.25 bits per heavy atom. The first-order valence-electron chi connectivity index (χ1n) is 9.40. The zero-order valence-corrected chi connectivity index (χ0v) is 17.6. The number of hydrogen-bond donors (Lipinski definition) is 3. The van der Waals surface area contributed by atoms with E-state index >= 15 is 0 Å². The van der Waals surface area contributed by atoms with E-state index in [1.807, 2.05) is 5.70 Å². The van der Waals surface area contributed by atoms with Crippen LogP contribution in [0.3, 0.4) is 0 Å². The second-order valence-corrected chi connectivity index (χ2v) is 13.2. The van der Waals surface area contributed by atoms with Gasteiger partial charge in [0.15, 0.2) is 6.10 Å². The Balaban J connectivity index is 2.17. The predicted octanol–water partition coefficient (Wildman–Crippen LogP) is 2.07. The minimum Gasteiger partial charge on any atom is -0.453 e. The molecule has 3 N–H and O–H groups in total. The van der Waals surface area contributed by atoms with Gasteiger partial charge in [-0.3, -0.25) is 0 Å². The van der Waals surface area contributed by atoms with Gasteiger partial charge in [-0.1, -0.05) is 55.7 Å². The Morgan fingerprint density at radius 3 is 2.46 bits per heavy atom. The van der Waals surface area contributed by atoms with Gasteiger partial charge < -0.3 is 24.8 Å². The van der Waals surface area contributed by atoms with Gasteiger partial charge >= 0.3 is 5.97 Å². The molecule has 0 saturated carbocycles. The number of aliphatic hydroxyl groups is 3. The highest BCUT2D eigenvalue weighted by molar-refractivity contribution is 6.80. The molecule has 7 heteroatoms. The molecule has 1 aliphatic heterocycles. The summed E-state index contributed by atoms with van der Waals surface area (Å²) < 4.78 is 11.3. The molecule has 1 aliphatic rings. The normalized spacial score (nSPS) is 29.4. The molecule has 1 fully saturated rings. The summed E-state index contributed by atoms with van der Waals surface area (Å²) in [6.45, 7) is 10.0. The van der Waals surface area contributed by atoms with Crippen molar-refractivity contribution in [2.45, 2.75) is 62.7 Å². The van der Waals surface area contributed by atoms with Gasteiger partial charge in [-0.05, 0) is 18.6 Å². The first-order valence-corrected chi connectivity index (χ1v) is 13.0. The largest absolute Gasteiger partial charge is 0.453 e. The van der Waals surface area contributed by atoms with Crippen LogP contribution in [0.15, 0.2) is 54.8 Å². The molecular weight excluding hydrogens is 376 g/mol. The van der Waals surface area contributed by atoms with Crippen LogP contribution >= 0.6 is 0 Å². The van der Waals surface area contributed by atoms with Crippen molar-refractivity contribution in [3.8, 4) is 0 Å². The van der Waals surface area contributed by atoms with E-state index in [0.29, 0.717) is 5.56 Å². The van der Waals surface area contributed by atoms with E-state index in [1.54, 1.807) is 42.5 Å². The summed E-state index contributed by atoms with van der Waals surface area (Å²) >= 11 is 0. The highest BCUT2D eigenvalue weighted by Gasteiger charge is 2.48.